The van der Waals surface area contributed by atoms with Gasteiger partial charge in [-0.2, -0.15) is 0 Å². The molecule has 2 aliphatic rings. The summed E-state index contributed by atoms with van der Waals surface area (Å²) in [6.07, 6.45) is 3.81. The maximum Gasteiger partial charge on any atom is 0.221 e. The molecule has 0 radical (unpaired) electrons. The van der Waals surface area contributed by atoms with Gasteiger partial charge in [-0.05, 0) is 26.4 Å². The number of carbonyl (C=O) groups is 1. The van der Waals surface area contributed by atoms with Gasteiger partial charge in [0.1, 0.15) is 0 Å². The number of sulfone groups is 1. The van der Waals surface area contributed by atoms with Gasteiger partial charge in [-0.3, -0.25) is 4.79 Å². The van der Waals surface area contributed by atoms with E-state index in [0.717, 1.165) is 13.0 Å². The summed E-state index contributed by atoms with van der Waals surface area (Å²) in [6.45, 7) is 2.20. The molecule has 0 aromatic heterocycles. The van der Waals surface area contributed by atoms with Gasteiger partial charge in [0.25, 0.3) is 0 Å². The predicted molar refractivity (Wildman–Crippen MR) is 78.3 cm³/mol. The number of piperidine rings is 1. The summed E-state index contributed by atoms with van der Waals surface area (Å²) in [6, 6.07) is 0.175. The molecule has 1 amide bonds. The molecule has 2 saturated heterocycles. The van der Waals surface area contributed by atoms with Crippen molar-refractivity contribution in [3.05, 3.63) is 0 Å². The fraction of sp³-hybridized carbons (Fsp3) is 0.923. The van der Waals surface area contributed by atoms with Gasteiger partial charge in [-0.25, -0.2) is 8.42 Å². The van der Waals surface area contributed by atoms with E-state index in [9.17, 15) is 13.2 Å². The monoisotopic (exact) mass is 303 g/mol. The number of likely N-dealkylation sites (N-methyl/N-ethyl adjacent to an activating group) is 1. The minimum absolute atomic E-state index is 0.0569. The Bertz CT molecular complexity index is 438. The number of amides is 1. The van der Waals surface area contributed by atoms with Crippen molar-refractivity contribution in [2.24, 2.45) is 0 Å². The fourth-order valence-corrected chi connectivity index (χ4v) is 4.37. The first-order valence-electron chi connectivity index (χ1n) is 7.37. The lowest BCUT2D eigenvalue weighted by molar-refractivity contribution is -0.121. The Morgan fingerprint density at radius 1 is 1.40 bits per heavy atom. The Hall–Kier alpha value is -0.660. The molecule has 2 rings (SSSR count). The van der Waals surface area contributed by atoms with Crippen LogP contribution in [-0.2, 0) is 14.6 Å². The summed E-state index contributed by atoms with van der Waals surface area (Å²) in [5, 5.41) is 6.04. The molecule has 2 unspecified atom stereocenters. The first-order valence-corrected chi connectivity index (χ1v) is 9.19. The molecular formula is C13H25N3O3S. The molecule has 0 spiro atoms. The second-order valence-electron chi connectivity index (χ2n) is 5.90. The molecule has 0 bridgehead atoms. The highest BCUT2D eigenvalue weighted by Crippen LogP contribution is 2.14. The minimum atomic E-state index is -2.97. The summed E-state index contributed by atoms with van der Waals surface area (Å²) in [5.74, 6) is 0.195. The zero-order valence-corrected chi connectivity index (χ0v) is 12.9. The third-order valence-electron chi connectivity index (χ3n) is 4.19. The third kappa shape index (κ3) is 4.71. The number of hydrogen-bond acceptors (Lipinski definition) is 5. The molecule has 6 nitrogen and oxygen atoms in total. The van der Waals surface area contributed by atoms with Crippen LogP contribution >= 0.6 is 0 Å². The van der Waals surface area contributed by atoms with E-state index in [0.29, 0.717) is 19.1 Å². The lowest BCUT2D eigenvalue weighted by atomic mass is 10.0. The fourth-order valence-electron chi connectivity index (χ4n) is 2.93. The van der Waals surface area contributed by atoms with Gasteiger partial charge in [0.05, 0.1) is 11.5 Å². The lowest BCUT2D eigenvalue weighted by Crippen LogP contribution is -2.49. The van der Waals surface area contributed by atoms with Crippen LogP contribution in [0, 0.1) is 0 Å². The van der Waals surface area contributed by atoms with Crippen molar-refractivity contribution in [2.75, 3.05) is 38.2 Å². The van der Waals surface area contributed by atoms with Crippen LogP contribution in [0.25, 0.3) is 0 Å². The van der Waals surface area contributed by atoms with Crippen LogP contribution in [0.5, 0.6) is 0 Å². The van der Waals surface area contributed by atoms with Gasteiger partial charge < -0.3 is 15.5 Å². The summed E-state index contributed by atoms with van der Waals surface area (Å²) >= 11 is 0. The number of likely N-dealkylation sites (tertiary alicyclic amines) is 1. The van der Waals surface area contributed by atoms with Crippen LogP contribution in [0.3, 0.4) is 0 Å². The molecule has 0 aromatic carbocycles. The lowest BCUT2D eigenvalue weighted by Gasteiger charge is -2.32. The molecule has 0 aliphatic carbocycles. The Labute approximate surface area is 121 Å². The number of nitrogens with one attached hydrogen (secondary N) is 2. The highest BCUT2D eigenvalue weighted by molar-refractivity contribution is 7.91. The molecule has 20 heavy (non-hydrogen) atoms. The molecule has 2 heterocycles. The molecule has 116 valence electrons. The van der Waals surface area contributed by atoms with Crippen molar-refractivity contribution in [1.82, 2.24) is 15.5 Å². The normalized spacial score (nSPS) is 30.9. The quantitative estimate of drug-likeness (QED) is 0.722. The van der Waals surface area contributed by atoms with Gasteiger partial charge in [0.15, 0.2) is 9.84 Å². The smallest absolute Gasteiger partial charge is 0.221 e. The summed E-state index contributed by atoms with van der Waals surface area (Å²) in [5.41, 5.74) is 0. The number of rotatable bonds is 4. The summed E-state index contributed by atoms with van der Waals surface area (Å²) in [7, 11) is -0.884. The second-order valence-corrected chi connectivity index (χ2v) is 8.13. The minimum Gasteiger partial charge on any atom is -0.354 e. The SMILES string of the molecule is CN1CCCCC1CNC(=O)CC1CS(=O)(=O)CCN1. The van der Waals surface area contributed by atoms with E-state index >= 15 is 0 Å². The Morgan fingerprint density at radius 3 is 2.90 bits per heavy atom. The van der Waals surface area contributed by atoms with Crippen LogP contribution in [-0.4, -0.2) is 69.5 Å². The van der Waals surface area contributed by atoms with Crippen molar-refractivity contribution < 1.29 is 13.2 Å². The van der Waals surface area contributed by atoms with E-state index in [1.807, 2.05) is 0 Å². The van der Waals surface area contributed by atoms with Gasteiger partial charge in [0.2, 0.25) is 5.91 Å². The maximum absolute atomic E-state index is 11.9. The van der Waals surface area contributed by atoms with Gasteiger partial charge in [-0.1, -0.05) is 6.42 Å². The molecule has 2 fully saturated rings. The van der Waals surface area contributed by atoms with E-state index in [4.69, 9.17) is 0 Å². The van der Waals surface area contributed by atoms with Crippen molar-refractivity contribution in [2.45, 2.75) is 37.8 Å². The summed E-state index contributed by atoms with van der Waals surface area (Å²) in [4.78, 5) is 14.2. The van der Waals surface area contributed by atoms with Gasteiger partial charge in [0, 0.05) is 31.6 Å². The molecule has 2 aliphatic heterocycles. The van der Waals surface area contributed by atoms with Crippen LogP contribution in [0.2, 0.25) is 0 Å². The third-order valence-corrected chi connectivity index (χ3v) is 5.93. The first-order chi connectivity index (χ1) is 9.46. The molecule has 7 heteroatoms. The molecule has 2 N–H and O–H groups in total. The van der Waals surface area contributed by atoms with Crippen LogP contribution < -0.4 is 10.6 Å². The van der Waals surface area contributed by atoms with Gasteiger partial charge >= 0.3 is 0 Å². The van der Waals surface area contributed by atoms with Crippen LogP contribution in [0.15, 0.2) is 0 Å². The van der Waals surface area contributed by atoms with Crippen molar-refractivity contribution in [3.8, 4) is 0 Å². The first kappa shape index (κ1) is 15.7. The van der Waals surface area contributed by atoms with E-state index < -0.39 is 9.84 Å². The topological polar surface area (TPSA) is 78.5 Å². The second kappa shape index (κ2) is 6.87. The Kier molecular flexibility index (Phi) is 5.40. The molecule has 2 atom stereocenters. The largest absolute Gasteiger partial charge is 0.354 e. The number of hydrogen-bond donors (Lipinski definition) is 2. The molecular weight excluding hydrogens is 278 g/mol. The van der Waals surface area contributed by atoms with Crippen LogP contribution in [0.1, 0.15) is 25.7 Å². The number of carbonyl (C=O) groups excluding carboxylic acids is 1. The van der Waals surface area contributed by atoms with Crippen molar-refractivity contribution >= 4 is 15.7 Å². The zero-order valence-electron chi connectivity index (χ0n) is 12.1. The van der Waals surface area contributed by atoms with Crippen molar-refractivity contribution in [3.63, 3.8) is 0 Å². The number of nitrogens with zero attached hydrogens (tertiary/aromatic N) is 1. The van der Waals surface area contributed by atoms with Crippen molar-refractivity contribution in [1.29, 1.82) is 0 Å². The van der Waals surface area contributed by atoms with Gasteiger partial charge in [-0.15, -0.1) is 0 Å². The van der Waals surface area contributed by atoms with Crippen LogP contribution in [0.4, 0.5) is 0 Å². The Balaban J connectivity index is 1.72. The average Bonchev–Trinajstić information content (AvgIpc) is 2.36. The standard InChI is InChI=1S/C13H25N3O3S/c1-16-6-3-2-4-12(16)9-15-13(17)8-11-10-20(18,19)7-5-14-11/h11-12,14H,2-10H2,1H3,(H,15,17). The van der Waals surface area contributed by atoms with E-state index in [1.54, 1.807) is 0 Å². The van der Waals surface area contributed by atoms with E-state index in [1.165, 1.54) is 12.8 Å². The summed E-state index contributed by atoms with van der Waals surface area (Å²) < 4.78 is 23.0. The zero-order chi connectivity index (χ0) is 14.6. The highest BCUT2D eigenvalue weighted by atomic mass is 32.2. The van der Waals surface area contributed by atoms with E-state index in [2.05, 4.69) is 22.6 Å². The highest BCUT2D eigenvalue weighted by Gasteiger charge is 2.26. The predicted octanol–water partition coefficient (Wildman–Crippen LogP) is -0.636. The van der Waals surface area contributed by atoms with E-state index in [-0.39, 0.29) is 29.9 Å². The molecule has 0 saturated carbocycles. The average molecular weight is 303 g/mol. The Morgan fingerprint density at radius 2 is 2.20 bits per heavy atom. The molecule has 0 aromatic rings. The maximum atomic E-state index is 11.9.